The van der Waals surface area contributed by atoms with Crippen molar-refractivity contribution in [3.63, 3.8) is 0 Å². The third-order valence-corrected chi connectivity index (χ3v) is 4.17. The Balaban J connectivity index is 2.32. The van der Waals surface area contributed by atoms with Crippen LogP contribution in [0.25, 0.3) is 0 Å². The largest absolute Gasteiger partial charge is 0.498 e. The molecular weight excluding hydrogens is 240 g/mol. The maximum Gasteiger partial charge on any atom is 0.498 e. The molecule has 1 aromatic heterocycles. The molecule has 1 aliphatic heterocycles. The molecule has 2 heterocycles. The minimum absolute atomic E-state index is 0.310. The highest BCUT2D eigenvalue weighted by atomic mass is 32.1. The molecule has 0 N–H and O–H groups in total. The summed E-state index contributed by atoms with van der Waals surface area (Å²) in [7, 11) is -0.738. The molecule has 0 unspecified atom stereocenters. The number of nitrogens with zero attached hydrogens (tertiary/aromatic N) is 1. The van der Waals surface area contributed by atoms with Crippen LogP contribution in [0.4, 0.5) is 4.39 Å². The predicted molar refractivity (Wildman–Crippen MR) is 64.7 cm³/mol. The SMILES string of the molecule is CC1(C)OB(c2cc(C#N)sc2F)OC1(C)C. The maximum absolute atomic E-state index is 13.7. The molecule has 3 nitrogen and oxygen atoms in total. The summed E-state index contributed by atoms with van der Waals surface area (Å²) in [6.07, 6.45) is 0. The first-order valence-electron chi connectivity index (χ1n) is 5.32. The van der Waals surface area contributed by atoms with Crippen LogP contribution in [0.1, 0.15) is 32.6 Å². The van der Waals surface area contributed by atoms with Gasteiger partial charge in [-0.3, -0.25) is 0 Å². The van der Waals surface area contributed by atoms with Gasteiger partial charge in [0.25, 0.3) is 0 Å². The first-order valence-corrected chi connectivity index (χ1v) is 6.13. The van der Waals surface area contributed by atoms with E-state index in [2.05, 4.69) is 0 Å². The quantitative estimate of drug-likeness (QED) is 0.719. The van der Waals surface area contributed by atoms with E-state index in [4.69, 9.17) is 14.6 Å². The molecule has 17 heavy (non-hydrogen) atoms. The molecule has 0 aliphatic carbocycles. The van der Waals surface area contributed by atoms with Crippen molar-refractivity contribution < 1.29 is 13.7 Å². The second-order valence-corrected chi connectivity index (χ2v) is 6.04. The van der Waals surface area contributed by atoms with Crippen molar-refractivity contribution in [1.29, 1.82) is 5.26 Å². The number of nitriles is 1. The van der Waals surface area contributed by atoms with Gasteiger partial charge in [-0.25, -0.2) is 0 Å². The summed E-state index contributed by atoms with van der Waals surface area (Å²) >= 11 is 0.814. The van der Waals surface area contributed by atoms with Crippen LogP contribution in [-0.4, -0.2) is 18.3 Å². The monoisotopic (exact) mass is 253 g/mol. The van der Waals surface area contributed by atoms with E-state index in [1.165, 1.54) is 6.07 Å². The highest BCUT2D eigenvalue weighted by molar-refractivity contribution is 7.12. The van der Waals surface area contributed by atoms with Crippen LogP contribution in [0.15, 0.2) is 6.07 Å². The van der Waals surface area contributed by atoms with Crippen LogP contribution in [0, 0.1) is 16.5 Å². The van der Waals surface area contributed by atoms with Gasteiger partial charge in [0.2, 0.25) is 0 Å². The zero-order chi connectivity index (χ0) is 12.8. The highest BCUT2D eigenvalue weighted by Gasteiger charge is 2.52. The van der Waals surface area contributed by atoms with E-state index in [-0.39, 0.29) is 0 Å². The Bertz CT molecular complexity index is 476. The third-order valence-electron chi connectivity index (χ3n) is 3.33. The lowest BCUT2D eigenvalue weighted by Gasteiger charge is -2.32. The highest BCUT2D eigenvalue weighted by Crippen LogP contribution is 2.37. The summed E-state index contributed by atoms with van der Waals surface area (Å²) in [5.41, 5.74) is -0.692. The molecule has 0 radical (unpaired) electrons. The lowest BCUT2D eigenvalue weighted by molar-refractivity contribution is 0.00578. The lowest BCUT2D eigenvalue weighted by Crippen LogP contribution is -2.41. The molecule has 6 heteroatoms. The van der Waals surface area contributed by atoms with Crippen molar-refractivity contribution in [1.82, 2.24) is 0 Å². The molecule has 0 aromatic carbocycles. The fraction of sp³-hybridized carbons (Fsp3) is 0.545. The van der Waals surface area contributed by atoms with E-state index in [0.717, 1.165) is 11.3 Å². The van der Waals surface area contributed by atoms with Gasteiger partial charge in [-0.2, -0.15) is 9.65 Å². The average molecular weight is 253 g/mol. The first-order chi connectivity index (χ1) is 7.77. The molecule has 1 aliphatic rings. The van der Waals surface area contributed by atoms with E-state index >= 15 is 0 Å². The van der Waals surface area contributed by atoms with Crippen LogP contribution in [0.3, 0.4) is 0 Å². The maximum atomic E-state index is 13.7. The summed E-state index contributed by atoms with van der Waals surface area (Å²) in [6.45, 7) is 7.62. The molecule has 0 amide bonds. The van der Waals surface area contributed by atoms with Gasteiger partial charge < -0.3 is 9.31 Å². The topological polar surface area (TPSA) is 42.2 Å². The summed E-state index contributed by atoms with van der Waals surface area (Å²) < 4.78 is 25.1. The Morgan fingerprint density at radius 1 is 1.29 bits per heavy atom. The molecule has 0 spiro atoms. The molecule has 0 bridgehead atoms. The van der Waals surface area contributed by atoms with Crippen LogP contribution in [0.2, 0.25) is 0 Å². The van der Waals surface area contributed by atoms with E-state index < -0.39 is 23.5 Å². The van der Waals surface area contributed by atoms with Crippen molar-refractivity contribution in [2.45, 2.75) is 38.9 Å². The zero-order valence-corrected chi connectivity index (χ0v) is 11.0. The zero-order valence-electron chi connectivity index (χ0n) is 10.2. The Labute approximate surface area is 104 Å². The van der Waals surface area contributed by atoms with E-state index in [1.807, 2.05) is 33.8 Å². The number of rotatable bonds is 1. The predicted octanol–water partition coefficient (Wildman–Crippen LogP) is 2.06. The molecule has 2 rings (SSSR count). The summed E-state index contributed by atoms with van der Waals surface area (Å²) in [5.74, 6) is 0. The van der Waals surface area contributed by atoms with E-state index in [9.17, 15) is 4.39 Å². The van der Waals surface area contributed by atoms with Crippen molar-refractivity contribution in [2.24, 2.45) is 0 Å². The van der Waals surface area contributed by atoms with Crippen molar-refractivity contribution >= 4 is 23.9 Å². The summed E-state index contributed by atoms with van der Waals surface area (Å²) in [4.78, 5) is 0.326. The molecule has 1 aromatic rings. The molecular formula is C11H13BFNO2S. The smallest absolute Gasteiger partial charge is 0.399 e. The van der Waals surface area contributed by atoms with Gasteiger partial charge in [-0.1, -0.05) is 11.3 Å². The summed E-state index contributed by atoms with van der Waals surface area (Å²) in [6, 6.07) is 3.41. The average Bonchev–Trinajstić information content (AvgIpc) is 2.66. The Hall–Kier alpha value is -0.895. The fourth-order valence-corrected chi connectivity index (χ4v) is 2.27. The minimum atomic E-state index is -0.738. The van der Waals surface area contributed by atoms with Crippen LogP contribution in [-0.2, 0) is 9.31 Å². The fourth-order valence-electron chi connectivity index (χ4n) is 1.57. The molecule has 0 atom stereocenters. The van der Waals surface area contributed by atoms with Gasteiger partial charge in [-0.15, -0.1) is 0 Å². The Morgan fingerprint density at radius 3 is 2.24 bits per heavy atom. The van der Waals surface area contributed by atoms with Crippen molar-refractivity contribution in [2.75, 3.05) is 0 Å². The van der Waals surface area contributed by atoms with Crippen molar-refractivity contribution in [3.8, 4) is 6.07 Å². The van der Waals surface area contributed by atoms with Gasteiger partial charge >= 0.3 is 7.12 Å². The van der Waals surface area contributed by atoms with E-state index in [0.29, 0.717) is 10.3 Å². The van der Waals surface area contributed by atoms with Crippen LogP contribution in [0.5, 0.6) is 0 Å². The Morgan fingerprint density at radius 2 is 1.82 bits per heavy atom. The van der Waals surface area contributed by atoms with Gasteiger partial charge in [0, 0.05) is 5.46 Å². The Kier molecular flexibility index (Phi) is 2.81. The second-order valence-electron chi connectivity index (χ2n) is 5.04. The first kappa shape index (κ1) is 12.6. The normalized spacial score (nSPS) is 21.5. The van der Waals surface area contributed by atoms with Gasteiger partial charge in [-0.05, 0) is 33.8 Å². The van der Waals surface area contributed by atoms with Crippen molar-refractivity contribution in [3.05, 3.63) is 16.1 Å². The second kappa shape index (κ2) is 3.80. The molecule has 0 saturated carbocycles. The third kappa shape index (κ3) is 1.99. The van der Waals surface area contributed by atoms with Gasteiger partial charge in [0.05, 0.1) is 11.2 Å². The van der Waals surface area contributed by atoms with Gasteiger partial charge in [0.15, 0.2) is 5.13 Å². The summed E-state index contributed by atoms with van der Waals surface area (Å²) in [5, 5.41) is 8.32. The number of thiophene rings is 1. The van der Waals surface area contributed by atoms with E-state index in [1.54, 1.807) is 0 Å². The van der Waals surface area contributed by atoms with Crippen LogP contribution >= 0.6 is 11.3 Å². The standard InChI is InChI=1S/C11H13BFNO2S/c1-10(2)11(3,4)16-12(15-10)8-5-7(6-14)17-9(8)13/h5H,1-4H3. The molecule has 1 saturated heterocycles. The number of hydrogen-bond donors (Lipinski definition) is 0. The van der Waals surface area contributed by atoms with Crippen LogP contribution < -0.4 is 5.46 Å². The molecule has 90 valence electrons. The molecule has 1 fully saturated rings. The number of halogens is 1. The lowest BCUT2D eigenvalue weighted by atomic mass is 9.81. The minimum Gasteiger partial charge on any atom is -0.399 e. The van der Waals surface area contributed by atoms with Gasteiger partial charge in [0.1, 0.15) is 10.9 Å². The number of hydrogen-bond acceptors (Lipinski definition) is 4.